The second-order valence-electron chi connectivity index (χ2n) is 8.56. The standard InChI is InChI=1S/C31H22ClNO6/c1-37-30(35)21-10-8-20(9-11-21)28-15-13-24(39-28)16-22-17-27(19-6-4-3-5-7-19)33(29(22)34)23-12-14-26(32)25(18-23)31(36)38-2/h3-18H,1-2H3/b22-16+. The molecule has 4 aromatic rings. The third kappa shape index (κ3) is 5.12. The number of nitrogens with zero attached hydrogens (tertiary/aromatic N) is 1. The molecule has 0 aliphatic carbocycles. The highest BCUT2D eigenvalue weighted by molar-refractivity contribution is 6.34. The average molecular weight is 540 g/mol. The van der Waals surface area contributed by atoms with Crippen molar-refractivity contribution in [2.75, 3.05) is 19.1 Å². The number of esters is 2. The molecule has 2 heterocycles. The van der Waals surface area contributed by atoms with E-state index in [4.69, 9.17) is 25.5 Å². The van der Waals surface area contributed by atoms with E-state index in [9.17, 15) is 14.4 Å². The predicted molar refractivity (Wildman–Crippen MR) is 148 cm³/mol. The monoisotopic (exact) mass is 539 g/mol. The molecule has 0 saturated carbocycles. The van der Waals surface area contributed by atoms with E-state index in [0.717, 1.165) is 11.1 Å². The Morgan fingerprint density at radius 1 is 0.846 bits per heavy atom. The summed E-state index contributed by atoms with van der Waals surface area (Å²) in [6, 6.07) is 24.6. The Morgan fingerprint density at radius 2 is 1.56 bits per heavy atom. The molecule has 0 radical (unpaired) electrons. The molecule has 194 valence electrons. The zero-order valence-electron chi connectivity index (χ0n) is 21.0. The average Bonchev–Trinajstić information content (AvgIpc) is 3.57. The van der Waals surface area contributed by atoms with E-state index in [2.05, 4.69) is 0 Å². The van der Waals surface area contributed by atoms with Gasteiger partial charge < -0.3 is 13.9 Å². The maximum Gasteiger partial charge on any atom is 0.339 e. The summed E-state index contributed by atoms with van der Waals surface area (Å²) in [5.74, 6) is -0.267. The number of furan rings is 1. The number of amides is 1. The summed E-state index contributed by atoms with van der Waals surface area (Å²) in [5, 5.41) is 0.223. The van der Waals surface area contributed by atoms with E-state index in [1.807, 2.05) is 30.3 Å². The van der Waals surface area contributed by atoms with E-state index in [0.29, 0.717) is 34.0 Å². The Bertz CT molecular complexity index is 1630. The molecule has 0 spiro atoms. The highest BCUT2D eigenvalue weighted by Crippen LogP contribution is 2.37. The van der Waals surface area contributed by atoms with Crippen molar-refractivity contribution < 1.29 is 28.3 Å². The SMILES string of the molecule is COC(=O)c1ccc(-c2ccc(/C=C3\C=C(c4ccccc4)N(c4ccc(Cl)c(C(=O)OC)c4)C3=O)o2)cc1. The molecule has 7 nitrogen and oxygen atoms in total. The van der Waals surface area contributed by atoms with Crippen LogP contribution in [-0.4, -0.2) is 32.1 Å². The third-order valence-corrected chi connectivity index (χ3v) is 6.51. The molecular formula is C31H22ClNO6. The van der Waals surface area contributed by atoms with Gasteiger partial charge in [0, 0.05) is 11.1 Å². The lowest BCUT2D eigenvalue weighted by Gasteiger charge is -2.21. The molecule has 5 rings (SSSR count). The number of rotatable bonds is 6. The van der Waals surface area contributed by atoms with Crippen molar-refractivity contribution in [3.05, 3.63) is 124 Å². The lowest BCUT2D eigenvalue weighted by molar-refractivity contribution is -0.113. The minimum absolute atomic E-state index is 0.156. The summed E-state index contributed by atoms with van der Waals surface area (Å²) in [4.78, 5) is 39.2. The normalized spacial score (nSPS) is 13.9. The summed E-state index contributed by atoms with van der Waals surface area (Å²) >= 11 is 6.22. The highest BCUT2D eigenvalue weighted by Gasteiger charge is 2.31. The molecule has 0 saturated heterocycles. The van der Waals surface area contributed by atoms with Crippen molar-refractivity contribution in [2.24, 2.45) is 0 Å². The van der Waals surface area contributed by atoms with E-state index in [-0.39, 0.29) is 16.5 Å². The predicted octanol–water partition coefficient (Wildman–Crippen LogP) is 6.64. The van der Waals surface area contributed by atoms with Crippen molar-refractivity contribution >= 4 is 46.9 Å². The van der Waals surface area contributed by atoms with Crippen molar-refractivity contribution in [3.8, 4) is 11.3 Å². The Morgan fingerprint density at radius 3 is 2.26 bits per heavy atom. The fourth-order valence-electron chi connectivity index (χ4n) is 4.24. The first-order valence-electron chi connectivity index (χ1n) is 11.9. The second kappa shape index (κ2) is 10.8. The van der Waals surface area contributed by atoms with E-state index < -0.39 is 11.9 Å². The number of ether oxygens (including phenoxy) is 2. The minimum Gasteiger partial charge on any atom is -0.465 e. The summed E-state index contributed by atoms with van der Waals surface area (Å²) in [5.41, 5.74) is 3.67. The fraction of sp³-hybridized carbons (Fsp3) is 0.0645. The van der Waals surface area contributed by atoms with Crippen molar-refractivity contribution in [1.29, 1.82) is 0 Å². The van der Waals surface area contributed by atoms with Crippen LogP contribution >= 0.6 is 11.6 Å². The number of halogens is 1. The van der Waals surface area contributed by atoms with Gasteiger partial charge in [0.05, 0.1) is 41.8 Å². The Balaban J connectivity index is 1.51. The van der Waals surface area contributed by atoms with E-state index in [1.165, 1.54) is 25.2 Å². The number of anilines is 1. The molecule has 3 aromatic carbocycles. The minimum atomic E-state index is -0.600. The van der Waals surface area contributed by atoms with Crippen LogP contribution in [0, 0.1) is 0 Å². The number of hydrogen-bond acceptors (Lipinski definition) is 6. The van der Waals surface area contributed by atoms with Crippen molar-refractivity contribution in [3.63, 3.8) is 0 Å². The molecule has 1 amide bonds. The summed E-state index contributed by atoms with van der Waals surface area (Å²) < 4.78 is 15.6. The van der Waals surface area contributed by atoms with Gasteiger partial charge >= 0.3 is 11.9 Å². The lowest BCUT2D eigenvalue weighted by Crippen LogP contribution is -2.25. The lowest BCUT2D eigenvalue weighted by atomic mass is 10.1. The van der Waals surface area contributed by atoms with Gasteiger partial charge in [-0.25, -0.2) is 9.59 Å². The first kappa shape index (κ1) is 25.8. The molecule has 1 aliphatic heterocycles. The quantitative estimate of drug-likeness (QED) is 0.201. The van der Waals surface area contributed by atoms with Crippen LogP contribution in [0.1, 0.15) is 32.0 Å². The van der Waals surface area contributed by atoms with Crippen molar-refractivity contribution in [2.45, 2.75) is 0 Å². The van der Waals surface area contributed by atoms with Crippen LogP contribution in [0.2, 0.25) is 5.02 Å². The Labute approximate surface area is 229 Å². The number of hydrogen-bond donors (Lipinski definition) is 0. The van der Waals surface area contributed by atoms with Gasteiger partial charge in [-0.05, 0) is 60.2 Å². The summed E-state index contributed by atoms with van der Waals surface area (Å²) in [7, 11) is 2.60. The van der Waals surface area contributed by atoms with Crippen LogP contribution in [0.25, 0.3) is 23.1 Å². The van der Waals surface area contributed by atoms with Crippen LogP contribution in [0.3, 0.4) is 0 Å². The van der Waals surface area contributed by atoms with E-state index >= 15 is 0 Å². The summed E-state index contributed by atoms with van der Waals surface area (Å²) in [6.07, 6.45) is 3.44. The topological polar surface area (TPSA) is 86.0 Å². The largest absolute Gasteiger partial charge is 0.465 e. The molecule has 0 atom stereocenters. The highest BCUT2D eigenvalue weighted by atomic mass is 35.5. The third-order valence-electron chi connectivity index (χ3n) is 6.18. The van der Waals surface area contributed by atoms with Gasteiger partial charge in [0.25, 0.3) is 5.91 Å². The number of methoxy groups -OCH3 is 2. The maximum atomic E-state index is 13.7. The van der Waals surface area contributed by atoms with Crippen LogP contribution < -0.4 is 4.90 Å². The fourth-order valence-corrected chi connectivity index (χ4v) is 4.43. The number of benzene rings is 3. The van der Waals surface area contributed by atoms with Gasteiger partial charge in [-0.2, -0.15) is 0 Å². The van der Waals surface area contributed by atoms with Crippen molar-refractivity contribution in [1.82, 2.24) is 0 Å². The number of carbonyl (C=O) groups is 3. The van der Waals surface area contributed by atoms with Gasteiger partial charge in [0.2, 0.25) is 0 Å². The van der Waals surface area contributed by atoms with Crippen LogP contribution in [-0.2, 0) is 14.3 Å². The zero-order chi connectivity index (χ0) is 27.5. The molecule has 1 aromatic heterocycles. The van der Waals surface area contributed by atoms with Crippen LogP contribution in [0.15, 0.2) is 101 Å². The second-order valence-corrected chi connectivity index (χ2v) is 8.97. The molecule has 1 aliphatic rings. The van der Waals surface area contributed by atoms with E-state index in [1.54, 1.807) is 60.7 Å². The first-order valence-corrected chi connectivity index (χ1v) is 12.3. The van der Waals surface area contributed by atoms with Gasteiger partial charge in [-0.3, -0.25) is 9.69 Å². The first-order chi connectivity index (χ1) is 18.9. The molecule has 39 heavy (non-hydrogen) atoms. The van der Waals surface area contributed by atoms with Gasteiger partial charge in [0.1, 0.15) is 11.5 Å². The Kier molecular flexibility index (Phi) is 7.17. The molecule has 0 unspecified atom stereocenters. The summed E-state index contributed by atoms with van der Waals surface area (Å²) in [6.45, 7) is 0. The zero-order valence-corrected chi connectivity index (χ0v) is 21.8. The Hall–Kier alpha value is -4.88. The smallest absolute Gasteiger partial charge is 0.339 e. The van der Waals surface area contributed by atoms with Gasteiger partial charge in [0.15, 0.2) is 0 Å². The molecule has 0 fully saturated rings. The van der Waals surface area contributed by atoms with Crippen LogP contribution in [0.5, 0.6) is 0 Å². The molecular weight excluding hydrogens is 518 g/mol. The molecule has 0 N–H and O–H groups in total. The number of carbonyl (C=O) groups excluding carboxylic acids is 3. The molecule has 8 heteroatoms. The van der Waals surface area contributed by atoms with Gasteiger partial charge in [-0.15, -0.1) is 0 Å². The van der Waals surface area contributed by atoms with Gasteiger partial charge in [-0.1, -0.05) is 54.1 Å². The molecule has 0 bridgehead atoms. The maximum absolute atomic E-state index is 13.7. The van der Waals surface area contributed by atoms with Crippen LogP contribution in [0.4, 0.5) is 5.69 Å².